The average Bonchev–Trinajstić information content (AvgIpc) is 2.62. The Morgan fingerprint density at radius 2 is 2.00 bits per heavy atom. The van der Waals surface area contributed by atoms with E-state index in [2.05, 4.69) is 29.2 Å². The fourth-order valence-corrected chi connectivity index (χ4v) is 3.94. The van der Waals surface area contributed by atoms with Crippen molar-refractivity contribution >= 4 is 11.6 Å². The van der Waals surface area contributed by atoms with Gasteiger partial charge < -0.3 is 9.80 Å². The number of likely N-dealkylation sites (N-methyl/N-ethyl adjacent to an activating group) is 1. The van der Waals surface area contributed by atoms with Gasteiger partial charge >= 0.3 is 0 Å². The zero-order chi connectivity index (χ0) is 16.3. The van der Waals surface area contributed by atoms with Crippen LogP contribution in [0.3, 0.4) is 0 Å². The van der Waals surface area contributed by atoms with Gasteiger partial charge in [0.05, 0.1) is 12.6 Å². The summed E-state index contributed by atoms with van der Waals surface area (Å²) in [6.07, 6.45) is 7.03. The Labute approximate surface area is 138 Å². The Balaban J connectivity index is 1.73. The molecule has 0 atom stereocenters. The summed E-state index contributed by atoms with van der Waals surface area (Å²) >= 11 is 0. The third kappa shape index (κ3) is 3.06. The number of amides is 1. The summed E-state index contributed by atoms with van der Waals surface area (Å²) in [7, 11) is 1.81. The summed E-state index contributed by atoms with van der Waals surface area (Å²) in [6.45, 7) is 1.28. The van der Waals surface area contributed by atoms with Crippen LogP contribution in [0.5, 0.6) is 0 Å². The molecule has 0 radical (unpaired) electrons. The van der Waals surface area contributed by atoms with Crippen molar-refractivity contribution in [2.24, 2.45) is 0 Å². The molecule has 1 aromatic rings. The van der Waals surface area contributed by atoms with Crippen molar-refractivity contribution in [3.8, 4) is 6.07 Å². The van der Waals surface area contributed by atoms with Crippen molar-refractivity contribution in [2.45, 2.75) is 50.5 Å². The number of hydrogen-bond acceptors (Lipinski definition) is 3. The molecule has 4 heteroatoms. The maximum atomic E-state index is 12.8. The highest BCUT2D eigenvalue weighted by Gasteiger charge is 2.39. The first-order valence-electron chi connectivity index (χ1n) is 8.67. The summed E-state index contributed by atoms with van der Waals surface area (Å²) in [5.74, 6) is 0.0603. The normalized spacial score (nSPS) is 19.6. The average molecular weight is 311 g/mol. The molecule has 0 saturated heterocycles. The number of benzene rings is 1. The monoisotopic (exact) mass is 311 g/mol. The summed E-state index contributed by atoms with van der Waals surface area (Å²) < 4.78 is 0. The second kappa shape index (κ2) is 6.62. The number of para-hydroxylation sites is 1. The molecule has 1 amide bonds. The molecule has 0 bridgehead atoms. The van der Waals surface area contributed by atoms with E-state index < -0.39 is 5.54 Å². The molecule has 23 heavy (non-hydrogen) atoms. The van der Waals surface area contributed by atoms with Gasteiger partial charge in [-0.1, -0.05) is 37.5 Å². The summed E-state index contributed by atoms with van der Waals surface area (Å²) in [6, 6.07) is 10.8. The van der Waals surface area contributed by atoms with Crippen molar-refractivity contribution in [1.82, 2.24) is 4.90 Å². The molecule has 0 unspecified atom stereocenters. The van der Waals surface area contributed by atoms with Gasteiger partial charge in [0, 0.05) is 19.3 Å². The van der Waals surface area contributed by atoms with E-state index in [0.717, 1.165) is 45.1 Å². The van der Waals surface area contributed by atoms with Gasteiger partial charge in [-0.15, -0.1) is 0 Å². The Morgan fingerprint density at radius 1 is 1.26 bits per heavy atom. The number of carbonyl (C=O) groups is 1. The van der Waals surface area contributed by atoms with Gasteiger partial charge in [0.15, 0.2) is 0 Å². The third-order valence-electron chi connectivity index (χ3n) is 5.44. The van der Waals surface area contributed by atoms with E-state index in [0.29, 0.717) is 6.54 Å². The minimum Gasteiger partial charge on any atom is -0.362 e. The van der Waals surface area contributed by atoms with Crippen LogP contribution >= 0.6 is 0 Å². The topological polar surface area (TPSA) is 47.3 Å². The van der Waals surface area contributed by atoms with E-state index in [9.17, 15) is 10.1 Å². The quantitative estimate of drug-likeness (QED) is 0.861. The third-order valence-corrected chi connectivity index (χ3v) is 5.44. The Kier molecular flexibility index (Phi) is 4.56. The van der Waals surface area contributed by atoms with Crippen LogP contribution in [0, 0.1) is 11.3 Å². The van der Waals surface area contributed by atoms with Crippen molar-refractivity contribution in [3.63, 3.8) is 0 Å². The summed E-state index contributed by atoms with van der Waals surface area (Å²) in [5, 5.41) is 9.67. The van der Waals surface area contributed by atoms with Crippen LogP contribution in [0.2, 0.25) is 0 Å². The molecule has 122 valence electrons. The molecule has 4 nitrogen and oxygen atoms in total. The summed E-state index contributed by atoms with van der Waals surface area (Å²) in [4.78, 5) is 16.7. The molecule has 1 aromatic carbocycles. The highest BCUT2D eigenvalue weighted by molar-refractivity contribution is 5.83. The zero-order valence-electron chi connectivity index (χ0n) is 13.9. The summed E-state index contributed by atoms with van der Waals surface area (Å²) in [5.41, 5.74) is 1.90. The molecule has 0 spiro atoms. The molecular weight excluding hydrogens is 286 g/mol. The molecular formula is C19H25N3O. The molecule has 0 N–H and O–H groups in total. The van der Waals surface area contributed by atoms with Crippen LogP contribution < -0.4 is 4.90 Å². The smallest absolute Gasteiger partial charge is 0.243 e. The predicted octanol–water partition coefficient (Wildman–Crippen LogP) is 3.12. The van der Waals surface area contributed by atoms with Gasteiger partial charge in [0.1, 0.15) is 5.54 Å². The second-order valence-electron chi connectivity index (χ2n) is 6.81. The van der Waals surface area contributed by atoms with Crippen LogP contribution in [0.25, 0.3) is 0 Å². The molecule has 1 aliphatic carbocycles. The van der Waals surface area contributed by atoms with E-state index in [4.69, 9.17) is 0 Å². The van der Waals surface area contributed by atoms with E-state index in [1.165, 1.54) is 17.7 Å². The van der Waals surface area contributed by atoms with Crippen molar-refractivity contribution < 1.29 is 4.79 Å². The lowest BCUT2D eigenvalue weighted by molar-refractivity contribution is -0.133. The first-order chi connectivity index (χ1) is 11.2. The van der Waals surface area contributed by atoms with E-state index in [1.54, 1.807) is 4.90 Å². The first kappa shape index (κ1) is 15.9. The van der Waals surface area contributed by atoms with Crippen molar-refractivity contribution in [3.05, 3.63) is 29.8 Å². The van der Waals surface area contributed by atoms with Crippen LogP contribution in [0.4, 0.5) is 5.69 Å². The van der Waals surface area contributed by atoms with Crippen molar-refractivity contribution in [2.75, 3.05) is 25.0 Å². The van der Waals surface area contributed by atoms with Gasteiger partial charge in [-0.25, -0.2) is 0 Å². The number of nitriles is 1. The fraction of sp³-hybridized carbons (Fsp3) is 0.579. The lowest BCUT2D eigenvalue weighted by Gasteiger charge is -2.40. The molecule has 1 fully saturated rings. The Morgan fingerprint density at radius 3 is 2.74 bits per heavy atom. The second-order valence-corrected chi connectivity index (χ2v) is 6.81. The maximum absolute atomic E-state index is 12.8. The van der Waals surface area contributed by atoms with Crippen LogP contribution in [0.15, 0.2) is 24.3 Å². The van der Waals surface area contributed by atoms with Gasteiger partial charge in [-0.05, 0) is 37.3 Å². The number of hydrogen-bond donors (Lipinski definition) is 0. The Bertz CT molecular complexity index is 613. The Hall–Kier alpha value is -2.02. The first-order valence-corrected chi connectivity index (χ1v) is 8.67. The number of fused-ring (bicyclic) bond motifs is 1. The van der Waals surface area contributed by atoms with E-state index in [1.807, 2.05) is 13.1 Å². The number of anilines is 1. The highest BCUT2D eigenvalue weighted by atomic mass is 16.2. The number of carbonyl (C=O) groups excluding carboxylic acids is 1. The van der Waals surface area contributed by atoms with Crippen LogP contribution in [-0.2, 0) is 11.2 Å². The molecule has 1 heterocycles. The number of nitrogens with zero attached hydrogens (tertiary/aromatic N) is 3. The van der Waals surface area contributed by atoms with E-state index in [-0.39, 0.29) is 5.91 Å². The minimum atomic E-state index is -0.593. The molecule has 2 aliphatic rings. The van der Waals surface area contributed by atoms with Crippen molar-refractivity contribution in [1.29, 1.82) is 5.26 Å². The number of rotatable bonds is 3. The van der Waals surface area contributed by atoms with Gasteiger partial charge in [0.2, 0.25) is 5.91 Å². The number of aryl methyl sites for hydroxylation is 1. The van der Waals surface area contributed by atoms with Gasteiger partial charge in [-0.2, -0.15) is 5.26 Å². The lowest BCUT2D eigenvalue weighted by atomic mass is 9.81. The fourth-order valence-electron chi connectivity index (χ4n) is 3.94. The lowest BCUT2D eigenvalue weighted by Crippen LogP contribution is -2.53. The van der Waals surface area contributed by atoms with Crippen LogP contribution in [0.1, 0.15) is 44.1 Å². The van der Waals surface area contributed by atoms with Crippen LogP contribution in [-0.4, -0.2) is 36.5 Å². The zero-order valence-corrected chi connectivity index (χ0v) is 13.9. The molecule has 1 saturated carbocycles. The minimum absolute atomic E-state index is 0.0603. The molecule has 0 aromatic heterocycles. The predicted molar refractivity (Wildman–Crippen MR) is 91.2 cm³/mol. The largest absolute Gasteiger partial charge is 0.362 e. The maximum Gasteiger partial charge on any atom is 0.243 e. The van der Waals surface area contributed by atoms with Gasteiger partial charge in [0.25, 0.3) is 0 Å². The van der Waals surface area contributed by atoms with E-state index >= 15 is 0 Å². The SMILES string of the molecule is CN(C(=O)CN1CCCc2ccccc21)C1(C#N)CCCCC1. The standard InChI is InChI=1S/C19H25N3O/c1-21(19(15-20)11-5-2-6-12-19)18(23)14-22-13-7-9-16-8-3-4-10-17(16)22/h3-4,8,10H,2,5-7,9,11-14H2,1H3. The van der Waals surface area contributed by atoms with Gasteiger partial charge in [-0.3, -0.25) is 4.79 Å². The molecule has 1 aliphatic heterocycles. The highest BCUT2D eigenvalue weighted by Crippen LogP contribution is 2.33. The molecule has 3 rings (SSSR count).